The first-order valence-electron chi connectivity index (χ1n) is 5.64. The van der Waals surface area contributed by atoms with Crippen LogP contribution in [0.3, 0.4) is 0 Å². The smallest absolute Gasteiger partial charge is 0.233 e. The zero-order valence-corrected chi connectivity index (χ0v) is 10.4. The van der Waals surface area contributed by atoms with Crippen LogP contribution in [0, 0.1) is 6.92 Å². The molecule has 4 nitrogen and oxygen atoms in total. The maximum absolute atomic E-state index is 5.68. The second kappa shape index (κ2) is 4.30. The molecule has 0 unspecified atom stereocenters. The molecule has 17 heavy (non-hydrogen) atoms. The Balaban J connectivity index is 2.33. The quantitative estimate of drug-likeness (QED) is 0.880. The van der Waals surface area contributed by atoms with Gasteiger partial charge in [-0.15, -0.1) is 0 Å². The SMILES string of the molecule is Cc1ccc(-c2noc(C(C)(C)CN)n2)cc1. The van der Waals surface area contributed by atoms with E-state index in [0.717, 1.165) is 5.56 Å². The molecule has 2 aromatic rings. The fourth-order valence-electron chi connectivity index (χ4n) is 1.41. The lowest BCUT2D eigenvalue weighted by Crippen LogP contribution is -2.28. The highest BCUT2D eigenvalue weighted by Gasteiger charge is 2.26. The zero-order valence-electron chi connectivity index (χ0n) is 10.4. The summed E-state index contributed by atoms with van der Waals surface area (Å²) >= 11 is 0. The Morgan fingerprint density at radius 1 is 1.24 bits per heavy atom. The Morgan fingerprint density at radius 2 is 1.88 bits per heavy atom. The van der Waals surface area contributed by atoms with Crippen molar-refractivity contribution < 1.29 is 4.52 Å². The van der Waals surface area contributed by atoms with Gasteiger partial charge in [-0.3, -0.25) is 0 Å². The first-order chi connectivity index (χ1) is 8.03. The minimum atomic E-state index is -0.282. The lowest BCUT2D eigenvalue weighted by molar-refractivity contribution is 0.311. The molecule has 1 aromatic heterocycles. The third-order valence-electron chi connectivity index (χ3n) is 2.83. The Morgan fingerprint density at radius 3 is 2.47 bits per heavy atom. The molecule has 0 spiro atoms. The molecular weight excluding hydrogens is 214 g/mol. The lowest BCUT2D eigenvalue weighted by atomic mass is 9.94. The van der Waals surface area contributed by atoms with Crippen molar-refractivity contribution in [3.05, 3.63) is 35.7 Å². The van der Waals surface area contributed by atoms with Crippen LogP contribution in [-0.4, -0.2) is 16.7 Å². The largest absolute Gasteiger partial charge is 0.338 e. The molecule has 0 saturated heterocycles. The summed E-state index contributed by atoms with van der Waals surface area (Å²) in [5.41, 5.74) is 7.56. The molecule has 1 heterocycles. The summed E-state index contributed by atoms with van der Waals surface area (Å²) in [4.78, 5) is 4.39. The second-order valence-corrected chi connectivity index (χ2v) is 4.88. The highest BCUT2D eigenvalue weighted by atomic mass is 16.5. The number of hydrogen-bond acceptors (Lipinski definition) is 4. The Hall–Kier alpha value is -1.68. The number of aryl methyl sites for hydroxylation is 1. The molecule has 0 fully saturated rings. The van der Waals surface area contributed by atoms with Crippen LogP contribution in [0.1, 0.15) is 25.3 Å². The van der Waals surface area contributed by atoms with Crippen LogP contribution < -0.4 is 5.73 Å². The third kappa shape index (κ3) is 2.36. The monoisotopic (exact) mass is 231 g/mol. The highest BCUT2D eigenvalue weighted by Crippen LogP contribution is 2.23. The average molecular weight is 231 g/mol. The maximum Gasteiger partial charge on any atom is 0.233 e. The summed E-state index contributed by atoms with van der Waals surface area (Å²) in [5.74, 6) is 1.19. The Bertz CT molecular complexity index is 500. The molecule has 1 aromatic carbocycles. The van der Waals surface area contributed by atoms with Crippen molar-refractivity contribution in [2.75, 3.05) is 6.54 Å². The first-order valence-corrected chi connectivity index (χ1v) is 5.64. The van der Waals surface area contributed by atoms with Crippen molar-refractivity contribution in [2.24, 2.45) is 5.73 Å². The normalized spacial score (nSPS) is 11.8. The van der Waals surface area contributed by atoms with Crippen molar-refractivity contribution in [3.8, 4) is 11.4 Å². The van der Waals surface area contributed by atoms with Gasteiger partial charge in [-0.1, -0.05) is 35.0 Å². The minimum Gasteiger partial charge on any atom is -0.338 e. The number of aromatic nitrogens is 2. The summed E-state index contributed by atoms with van der Waals surface area (Å²) in [7, 11) is 0. The average Bonchev–Trinajstić information content (AvgIpc) is 2.80. The van der Waals surface area contributed by atoms with E-state index in [1.807, 2.05) is 45.0 Å². The van der Waals surface area contributed by atoms with Crippen molar-refractivity contribution in [1.82, 2.24) is 10.1 Å². The van der Waals surface area contributed by atoms with Crippen LogP contribution in [0.5, 0.6) is 0 Å². The molecule has 0 aliphatic carbocycles. The second-order valence-electron chi connectivity index (χ2n) is 4.88. The highest BCUT2D eigenvalue weighted by molar-refractivity contribution is 5.54. The number of hydrogen-bond donors (Lipinski definition) is 1. The molecule has 0 aliphatic heterocycles. The van der Waals surface area contributed by atoms with Gasteiger partial charge in [-0.05, 0) is 20.8 Å². The van der Waals surface area contributed by atoms with E-state index in [1.54, 1.807) is 0 Å². The van der Waals surface area contributed by atoms with Crippen molar-refractivity contribution in [3.63, 3.8) is 0 Å². The molecule has 2 rings (SSSR count). The number of nitrogens with two attached hydrogens (primary N) is 1. The van der Waals surface area contributed by atoms with Gasteiger partial charge in [-0.25, -0.2) is 0 Å². The van der Waals surface area contributed by atoms with E-state index in [4.69, 9.17) is 10.3 Å². The summed E-state index contributed by atoms with van der Waals surface area (Å²) in [6.07, 6.45) is 0. The van der Waals surface area contributed by atoms with E-state index >= 15 is 0 Å². The fourth-order valence-corrected chi connectivity index (χ4v) is 1.41. The lowest BCUT2D eigenvalue weighted by Gasteiger charge is -2.15. The minimum absolute atomic E-state index is 0.282. The van der Waals surface area contributed by atoms with Gasteiger partial charge in [0.2, 0.25) is 11.7 Å². The van der Waals surface area contributed by atoms with Crippen molar-refractivity contribution in [2.45, 2.75) is 26.2 Å². The molecule has 0 atom stereocenters. The van der Waals surface area contributed by atoms with E-state index in [0.29, 0.717) is 18.3 Å². The summed E-state index contributed by atoms with van der Waals surface area (Å²) in [6, 6.07) is 8.03. The van der Waals surface area contributed by atoms with Crippen LogP contribution in [0.4, 0.5) is 0 Å². The molecule has 0 bridgehead atoms. The van der Waals surface area contributed by atoms with Gasteiger partial charge in [0.1, 0.15) is 0 Å². The maximum atomic E-state index is 5.68. The predicted molar refractivity (Wildman–Crippen MR) is 66.6 cm³/mol. The molecule has 0 saturated carbocycles. The standard InChI is InChI=1S/C13H17N3O/c1-9-4-6-10(7-5-9)11-15-12(17-16-11)13(2,3)8-14/h4-7H,8,14H2,1-3H3. The van der Waals surface area contributed by atoms with E-state index in [9.17, 15) is 0 Å². The number of benzene rings is 1. The van der Waals surface area contributed by atoms with E-state index in [1.165, 1.54) is 5.56 Å². The van der Waals surface area contributed by atoms with Crippen LogP contribution in [0.25, 0.3) is 11.4 Å². The number of nitrogens with zero attached hydrogens (tertiary/aromatic N) is 2. The van der Waals surface area contributed by atoms with Gasteiger partial charge in [0.05, 0.1) is 5.41 Å². The van der Waals surface area contributed by atoms with Crippen molar-refractivity contribution >= 4 is 0 Å². The Kier molecular flexibility index (Phi) is 2.98. The van der Waals surface area contributed by atoms with Crippen LogP contribution >= 0.6 is 0 Å². The molecule has 0 aliphatic rings. The zero-order chi connectivity index (χ0) is 12.5. The fraction of sp³-hybridized carbons (Fsp3) is 0.385. The van der Waals surface area contributed by atoms with Gasteiger partial charge >= 0.3 is 0 Å². The predicted octanol–water partition coefficient (Wildman–Crippen LogP) is 2.28. The topological polar surface area (TPSA) is 64.9 Å². The third-order valence-corrected chi connectivity index (χ3v) is 2.83. The number of rotatable bonds is 3. The molecule has 0 radical (unpaired) electrons. The van der Waals surface area contributed by atoms with Gasteiger partial charge in [0, 0.05) is 12.1 Å². The van der Waals surface area contributed by atoms with Gasteiger partial charge < -0.3 is 10.3 Å². The van der Waals surface area contributed by atoms with Crippen molar-refractivity contribution in [1.29, 1.82) is 0 Å². The molecule has 4 heteroatoms. The molecule has 2 N–H and O–H groups in total. The van der Waals surface area contributed by atoms with E-state index in [-0.39, 0.29) is 5.41 Å². The molecular formula is C13H17N3O. The molecule has 90 valence electrons. The summed E-state index contributed by atoms with van der Waals surface area (Å²) in [6.45, 7) is 6.49. The Labute approximate surface area is 101 Å². The van der Waals surface area contributed by atoms with Crippen LogP contribution in [0.15, 0.2) is 28.8 Å². The van der Waals surface area contributed by atoms with E-state index in [2.05, 4.69) is 10.1 Å². The van der Waals surface area contributed by atoms with Gasteiger partial charge in [-0.2, -0.15) is 4.98 Å². The summed E-state index contributed by atoms with van der Waals surface area (Å²) in [5, 5.41) is 3.99. The van der Waals surface area contributed by atoms with Crippen LogP contribution in [0.2, 0.25) is 0 Å². The van der Waals surface area contributed by atoms with Crippen LogP contribution in [-0.2, 0) is 5.41 Å². The first kappa shape index (κ1) is 11.8. The molecule has 0 amide bonds. The van der Waals surface area contributed by atoms with Gasteiger partial charge in [0.15, 0.2) is 0 Å². The van der Waals surface area contributed by atoms with Gasteiger partial charge in [0.25, 0.3) is 0 Å². The van der Waals surface area contributed by atoms with E-state index < -0.39 is 0 Å². The summed E-state index contributed by atoms with van der Waals surface area (Å²) < 4.78 is 5.26.